The summed E-state index contributed by atoms with van der Waals surface area (Å²) in [7, 11) is 1.65. The molecule has 0 saturated heterocycles. The van der Waals surface area contributed by atoms with Crippen LogP contribution in [0.25, 0.3) is 0 Å². The van der Waals surface area contributed by atoms with E-state index in [1.807, 2.05) is 31.2 Å². The van der Waals surface area contributed by atoms with Crippen molar-refractivity contribution in [3.8, 4) is 0 Å². The predicted octanol–water partition coefficient (Wildman–Crippen LogP) is 1.23. The third-order valence-corrected chi connectivity index (χ3v) is 3.71. The molecule has 1 fully saturated rings. The molecule has 2 N–H and O–H groups in total. The topological polar surface area (TPSA) is 69.6 Å². The molecular formula is C16H22N2O3. The largest absolute Gasteiger partial charge is 0.391 e. The second-order valence-corrected chi connectivity index (χ2v) is 5.74. The first-order valence-electron chi connectivity index (χ1n) is 7.23. The standard InChI is InChI=1S/C16H22N2O3/c1-10-5-4-6-13(9-10)18(3)16(21)14(11(2)19)17-15(20)12-7-8-12/h4-6,9,11-12,14,19H,7-8H2,1-3H3,(H,17,20). The van der Waals surface area contributed by atoms with Crippen LogP contribution in [0.1, 0.15) is 25.3 Å². The van der Waals surface area contributed by atoms with Gasteiger partial charge in [-0.15, -0.1) is 0 Å². The van der Waals surface area contributed by atoms with E-state index >= 15 is 0 Å². The molecule has 1 aliphatic carbocycles. The summed E-state index contributed by atoms with van der Waals surface area (Å²) < 4.78 is 0. The molecule has 0 aliphatic heterocycles. The van der Waals surface area contributed by atoms with Crippen LogP contribution in [-0.4, -0.2) is 36.1 Å². The van der Waals surface area contributed by atoms with Gasteiger partial charge >= 0.3 is 0 Å². The Morgan fingerprint density at radius 1 is 1.38 bits per heavy atom. The van der Waals surface area contributed by atoms with Crippen molar-refractivity contribution in [3.05, 3.63) is 29.8 Å². The summed E-state index contributed by atoms with van der Waals surface area (Å²) in [6, 6.07) is 6.62. The molecule has 0 heterocycles. The third-order valence-electron chi connectivity index (χ3n) is 3.71. The minimum Gasteiger partial charge on any atom is -0.391 e. The molecule has 21 heavy (non-hydrogen) atoms. The van der Waals surface area contributed by atoms with Gasteiger partial charge in [-0.1, -0.05) is 12.1 Å². The van der Waals surface area contributed by atoms with Crippen LogP contribution in [0, 0.1) is 12.8 Å². The lowest BCUT2D eigenvalue weighted by Gasteiger charge is -2.26. The van der Waals surface area contributed by atoms with Crippen molar-refractivity contribution < 1.29 is 14.7 Å². The maximum Gasteiger partial charge on any atom is 0.251 e. The van der Waals surface area contributed by atoms with E-state index in [1.54, 1.807) is 7.05 Å². The molecule has 0 bridgehead atoms. The van der Waals surface area contributed by atoms with Gasteiger partial charge in [0.15, 0.2) is 0 Å². The summed E-state index contributed by atoms with van der Waals surface area (Å²) >= 11 is 0. The van der Waals surface area contributed by atoms with Crippen LogP contribution < -0.4 is 10.2 Å². The fourth-order valence-corrected chi connectivity index (χ4v) is 2.18. The van der Waals surface area contributed by atoms with E-state index in [4.69, 9.17) is 0 Å². The zero-order valence-electron chi connectivity index (χ0n) is 12.7. The van der Waals surface area contributed by atoms with Crippen LogP contribution in [0.5, 0.6) is 0 Å². The number of likely N-dealkylation sites (N-methyl/N-ethyl adjacent to an activating group) is 1. The van der Waals surface area contributed by atoms with Gasteiger partial charge in [0, 0.05) is 18.7 Å². The second kappa shape index (κ2) is 6.26. The maximum atomic E-state index is 12.5. The van der Waals surface area contributed by atoms with Crippen LogP contribution in [0.4, 0.5) is 5.69 Å². The molecule has 1 aliphatic rings. The second-order valence-electron chi connectivity index (χ2n) is 5.74. The van der Waals surface area contributed by atoms with Gasteiger partial charge < -0.3 is 15.3 Å². The summed E-state index contributed by atoms with van der Waals surface area (Å²) in [6.45, 7) is 3.46. The minimum atomic E-state index is -0.938. The molecule has 0 spiro atoms. The average molecular weight is 290 g/mol. The van der Waals surface area contributed by atoms with E-state index in [-0.39, 0.29) is 17.7 Å². The number of benzene rings is 1. The Morgan fingerprint density at radius 3 is 2.57 bits per heavy atom. The molecule has 0 aromatic heterocycles. The molecule has 2 unspecified atom stereocenters. The lowest BCUT2D eigenvalue weighted by atomic mass is 10.1. The van der Waals surface area contributed by atoms with Crippen molar-refractivity contribution in [2.45, 2.75) is 38.8 Å². The van der Waals surface area contributed by atoms with Gasteiger partial charge in [0.25, 0.3) is 5.91 Å². The molecule has 1 aromatic carbocycles. The summed E-state index contributed by atoms with van der Waals surface area (Å²) in [5, 5.41) is 12.5. The number of nitrogens with zero attached hydrogens (tertiary/aromatic N) is 1. The smallest absolute Gasteiger partial charge is 0.251 e. The van der Waals surface area contributed by atoms with Gasteiger partial charge in [0.2, 0.25) is 5.91 Å². The quantitative estimate of drug-likeness (QED) is 0.857. The Balaban J connectivity index is 2.11. The number of amides is 2. The highest BCUT2D eigenvalue weighted by Gasteiger charge is 2.35. The van der Waals surface area contributed by atoms with Crippen LogP contribution in [-0.2, 0) is 9.59 Å². The number of nitrogens with one attached hydrogen (secondary N) is 1. The highest BCUT2D eigenvalue weighted by atomic mass is 16.3. The number of aryl methyl sites for hydroxylation is 1. The number of aliphatic hydroxyl groups is 1. The fraction of sp³-hybridized carbons (Fsp3) is 0.500. The van der Waals surface area contributed by atoms with Crippen molar-refractivity contribution in [1.82, 2.24) is 5.32 Å². The number of aliphatic hydroxyl groups excluding tert-OH is 1. The number of carbonyl (C=O) groups is 2. The molecular weight excluding hydrogens is 268 g/mol. The number of anilines is 1. The van der Waals surface area contributed by atoms with Crippen molar-refractivity contribution >= 4 is 17.5 Å². The third kappa shape index (κ3) is 3.82. The fourth-order valence-electron chi connectivity index (χ4n) is 2.18. The van der Waals surface area contributed by atoms with Crippen molar-refractivity contribution in [3.63, 3.8) is 0 Å². The molecule has 5 nitrogen and oxygen atoms in total. The number of carbonyl (C=O) groups excluding carboxylic acids is 2. The van der Waals surface area contributed by atoms with E-state index in [0.29, 0.717) is 0 Å². The van der Waals surface area contributed by atoms with Gasteiger partial charge in [-0.2, -0.15) is 0 Å². The van der Waals surface area contributed by atoms with Crippen LogP contribution in [0.3, 0.4) is 0 Å². The lowest BCUT2D eigenvalue weighted by molar-refractivity contribution is -0.130. The van der Waals surface area contributed by atoms with Gasteiger partial charge in [-0.05, 0) is 44.4 Å². The Morgan fingerprint density at radius 2 is 2.05 bits per heavy atom. The molecule has 1 saturated carbocycles. The zero-order chi connectivity index (χ0) is 15.6. The number of rotatable bonds is 5. The lowest BCUT2D eigenvalue weighted by Crippen LogP contribution is -2.53. The molecule has 5 heteroatoms. The maximum absolute atomic E-state index is 12.5. The van der Waals surface area contributed by atoms with E-state index < -0.39 is 12.1 Å². The molecule has 2 amide bonds. The molecule has 0 radical (unpaired) electrons. The van der Waals surface area contributed by atoms with Gasteiger partial charge in [0.05, 0.1) is 6.10 Å². The van der Waals surface area contributed by atoms with Crippen LogP contribution in [0.2, 0.25) is 0 Å². The molecule has 1 aromatic rings. The summed E-state index contributed by atoms with van der Waals surface area (Å²) in [5.74, 6) is -0.459. The Labute approximate surface area is 125 Å². The number of hydrogen-bond acceptors (Lipinski definition) is 3. The van der Waals surface area contributed by atoms with Gasteiger partial charge in [-0.25, -0.2) is 0 Å². The summed E-state index contributed by atoms with van der Waals surface area (Å²) in [6.07, 6.45) is 0.785. The van der Waals surface area contributed by atoms with Gasteiger partial charge in [0.1, 0.15) is 6.04 Å². The highest BCUT2D eigenvalue weighted by Crippen LogP contribution is 2.29. The van der Waals surface area contributed by atoms with Crippen molar-refractivity contribution in [2.75, 3.05) is 11.9 Å². The van der Waals surface area contributed by atoms with E-state index in [2.05, 4.69) is 5.32 Å². The molecule has 2 atom stereocenters. The van der Waals surface area contributed by atoms with Crippen LogP contribution in [0.15, 0.2) is 24.3 Å². The van der Waals surface area contributed by atoms with E-state index in [9.17, 15) is 14.7 Å². The first-order chi connectivity index (χ1) is 9.90. The number of hydrogen-bond donors (Lipinski definition) is 2. The Kier molecular flexibility index (Phi) is 4.63. The minimum absolute atomic E-state index is 0.00308. The van der Waals surface area contributed by atoms with Gasteiger partial charge in [-0.3, -0.25) is 9.59 Å². The van der Waals surface area contributed by atoms with E-state index in [0.717, 1.165) is 24.1 Å². The zero-order valence-corrected chi connectivity index (χ0v) is 12.7. The average Bonchev–Trinajstić information content (AvgIpc) is 3.27. The Bertz CT molecular complexity index is 538. The summed E-state index contributed by atoms with van der Waals surface area (Å²) in [4.78, 5) is 25.8. The SMILES string of the molecule is Cc1cccc(N(C)C(=O)C(NC(=O)C2CC2)C(C)O)c1. The normalized spacial score (nSPS) is 17.0. The Hall–Kier alpha value is -1.88. The van der Waals surface area contributed by atoms with E-state index in [1.165, 1.54) is 11.8 Å². The molecule has 114 valence electrons. The first-order valence-corrected chi connectivity index (χ1v) is 7.23. The van der Waals surface area contributed by atoms with Crippen molar-refractivity contribution in [1.29, 1.82) is 0 Å². The monoisotopic (exact) mass is 290 g/mol. The first kappa shape index (κ1) is 15.5. The van der Waals surface area contributed by atoms with Crippen LogP contribution >= 0.6 is 0 Å². The predicted molar refractivity (Wildman–Crippen MR) is 80.9 cm³/mol. The highest BCUT2D eigenvalue weighted by molar-refractivity contribution is 5.99. The van der Waals surface area contributed by atoms with Crippen molar-refractivity contribution in [2.24, 2.45) is 5.92 Å². The molecule has 2 rings (SSSR count). The summed E-state index contributed by atoms with van der Waals surface area (Å²) in [5.41, 5.74) is 1.79.